The highest BCUT2D eigenvalue weighted by Gasteiger charge is 2.21. The van der Waals surface area contributed by atoms with Crippen molar-refractivity contribution < 1.29 is 5.11 Å². The summed E-state index contributed by atoms with van der Waals surface area (Å²) in [7, 11) is 0. The first-order valence-electron chi connectivity index (χ1n) is 9.89. The molecule has 0 radical (unpaired) electrons. The second-order valence-electron chi connectivity index (χ2n) is 7.91. The van der Waals surface area contributed by atoms with Crippen LogP contribution in [0.15, 0.2) is 48.5 Å². The van der Waals surface area contributed by atoms with E-state index in [-0.39, 0.29) is 5.41 Å². The van der Waals surface area contributed by atoms with E-state index in [1.165, 1.54) is 56.1 Å². The summed E-state index contributed by atoms with van der Waals surface area (Å²) in [6.45, 7) is 6.93. The Balaban J connectivity index is 1.99. The van der Waals surface area contributed by atoms with Gasteiger partial charge in [-0.05, 0) is 34.6 Å². The zero-order valence-electron chi connectivity index (χ0n) is 16.2. The van der Waals surface area contributed by atoms with Gasteiger partial charge in [-0.1, -0.05) is 102 Å². The van der Waals surface area contributed by atoms with Gasteiger partial charge in [0.15, 0.2) is 0 Å². The second-order valence-corrected chi connectivity index (χ2v) is 7.91. The lowest BCUT2D eigenvalue weighted by Gasteiger charge is -2.26. The molecule has 0 aromatic heterocycles. The van der Waals surface area contributed by atoms with Crippen LogP contribution in [0.5, 0.6) is 5.75 Å². The largest absolute Gasteiger partial charge is 0.508 e. The minimum absolute atomic E-state index is 0.157. The van der Waals surface area contributed by atoms with Crippen molar-refractivity contribution in [2.24, 2.45) is 0 Å². The van der Waals surface area contributed by atoms with E-state index >= 15 is 0 Å². The topological polar surface area (TPSA) is 20.2 Å². The summed E-state index contributed by atoms with van der Waals surface area (Å²) in [6.07, 6.45) is 10.0. The van der Waals surface area contributed by atoms with Crippen LogP contribution in [-0.4, -0.2) is 5.11 Å². The molecule has 0 spiro atoms. The molecular weight excluding hydrogens is 304 g/mol. The lowest BCUT2D eigenvalue weighted by atomic mass is 9.79. The van der Waals surface area contributed by atoms with Gasteiger partial charge in [0.05, 0.1) is 0 Å². The van der Waals surface area contributed by atoms with Gasteiger partial charge >= 0.3 is 0 Å². The molecule has 2 aromatic rings. The molecule has 0 saturated carbocycles. The molecule has 0 aliphatic rings. The number of hydrogen-bond acceptors (Lipinski definition) is 1. The van der Waals surface area contributed by atoms with E-state index in [4.69, 9.17) is 0 Å². The van der Waals surface area contributed by atoms with Gasteiger partial charge in [-0.3, -0.25) is 0 Å². The molecule has 0 aliphatic carbocycles. The van der Waals surface area contributed by atoms with E-state index in [0.29, 0.717) is 5.75 Å². The Bertz CT molecular complexity index is 628. The third-order valence-corrected chi connectivity index (χ3v) is 5.25. The third-order valence-electron chi connectivity index (χ3n) is 5.25. The molecule has 1 N–H and O–H groups in total. The minimum Gasteiger partial charge on any atom is -0.508 e. The Morgan fingerprint density at radius 1 is 0.840 bits per heavy atom. The number of unbranched alkanes of at least 4 members (excludes halogenated alkanes) is 5. The second kappa shape index (κ2) is 9.65. The van der Waals surface area contributed by atoms with Crippen molar-refractivity contribution in [1.29, 1.82) is 0 Å². The van der Waals surface area contributed by atoms with Gasteiger partial charge in [0.2, 0.25) is 0 Å². The molecule has 0 fully saturated rings. The smallest absolute Gasteiger partial charge is 0.119 e. The Morgan fingerprint density at radius 3 is 2.24 bits per heavy atom. The molecular formula is C24H34O. The molecule has 2 aromatic carbocycles. The molecule has 0 bridgehead atoms. The van der Waals surface area contributed by atoms with E-state index in [2.05, 4.69) is 57.2 Å². The SMILES string of the molecule is CCCCCCCCC(C)(C)c1ccc(O)c(Cc2ccccc2)c1. The molecule has 2 rings (SSSR count). The van der Waals surface area contributed by atoms with Crippen LogP contribution in [-0.2, 0) is 11.8 Å². The first-order chi connectivity index (χ1) is 12.0. The zero-order valence-corrected chi connectivity index (χ0v) is 16.2. The molecule has 1 nitrogen and oxygen atoms in total. The van der Waals surface area contributed by atoms with Gasteiger partial charge in [0.1, 0.15) is 5.75 Å². The van der Waals surface area contributed by atoms with E-state index in [0.717, 1.165) is 12.0 Å². The average molecular weight is 339 g/mol. The summed E-state index contributed by atoms with van der Waals surface area (Å²) >= 11 is 0. The summed E-state index contributed by atoms with van der Waals surface area (Å²) in [4.78, 5) is 0. The maximum absolute atomic E-state index is 10.3. The Kier molecular flexibility index (Phi) is 7.55. The lowest BCUT2D eigenvalue weighted by Crippen LogP contribution is -2.17. The van der Waals surface area contributed by atoms with E-state index in [9.17, 15) is 5.11 Å². The average Bonchev–Trinajstić information content (AvgIpc) is 2.60. The fraction of sp³-hybridized carbons (Fsp3) is 0.500. The monoisotopic (exact) mass is 338 g/mol. The lowest BCUT2D eigenvalue weighted by molar-refractivity contribution is 0.438. The molecule has 0 saturated heterocycles. The van der Waals surface area contributed by atoms with Gasteiger partial charge in [0.25, 0.3) is 0 Å². The van der Waals surface area contributed by atoms with E-state index < -0.39 is 0 Å². The Hall–Kier alpha value is -1.76. The van der Waals surface area contributed by atoms with Crippen molar-refractivity contribution in [3.05, 3.63) is 65.2 Å². The fourth-order valence-electron chi connectivity index (χ4n) is 3.46. The van der Waals surface area contributed by atoms with Crippen molar-refractivity contribution in [1.82, 2.24) is 0 Å². The highest BCUT2D eigenvalue weighted by atomic mass is 16.3. The number of rotatable bonds is 10. The van der Waals surface area contributed by atoms with Crippen molar-refractivity contribution >= 4 is 0 Å². The number of hydrogen-bond donors (Lipinski definition) is 1. The van der Waals surface area contributed by atoms with Crippen LogP contribution in [0.1, 0.15) is 82.4 Å². The van der Waals surface area contributed by atoms with Crippen LogP contribution >= 0.6 is 0 Å². The highest BCUT2D eigenvalue weighted by Crippen LogP contribution is 2.33. The van der Waals surface area contributed by atoms with Crippen LogP contribution in [0, 0.1) is 0 Å². The van der Waals surface area contributed by atoms with Crippen LogP contribution in [0.3, 0.4) is 0 Å². The highest BCUT2D eigenvalue weighted by molar-refractivity contribution is 5.41. The molecule has 0 heterocycles. The first kappa shape index (κ1) is 19.6. The normalized spacial score (nSPS) is 11.6. The van der Waals surface area contributed by atoms with Crippen molar-refractivity contribution in [2.75, 3.05) is 0 Å². The van der Waals surface area contributed by atoms with Gasteiger partial charge in [-0.15, -0.1) is 0 Å². The van der Waals surface area contributed by atoms with E-state index in [1.54, 1.807) is 0 Å². The first-order valence-corrected chi connectivity index (χ1v) is 9.89. The zero-order chi connectivity index (χ0) is 18.1. The summed E-state index contributed by atoms with van der Waals surface area (Å²) in [5.41, 5.74) is 3.76. The quantitative estimate of drug-likeness (QED) is 0.462. The fourth-order valence-corrected chi connectivity index (χ4v) is 3.46. The van der Waals surface area contributed by atoms with Gasteiger partial charge < -0.3 is 5.11 Å². The molecule has 0 unspecified atom stereocenters. The molecule has 0 atom stereocenters. The summed E-state index contributed by atoms with van der Waals surface area (Å²) in [5, 5.41) is 10.3. The minimum atomic E-state index is 0.157. The standard InChI is InChI=1S/C24H34O/c1-4-5-6-7-8-12-17-24(2,3)22-15-16-23(25)21(19-22)18-20-13-10-9-11-14-20/h9-11,13-16,19,25H,4-8,12,17-18H2,1-3H3. The van der Waals surface area contributed by atoms with Gasteiger partial charge in [0, 0.05) is 6.42 Å². The molecule has 0 aliphatic heterocycles. The summed E-state index contributed by atoms with van der Waals surface area (Å²) in [5.74, 6) is 0.406. The number of aromatic hydroxyl groups is 1. The molecule has 25 heavy (non-hydrogen) atoms. The van der Waals surface area contributed by atoms with E-state index in [1.807, 2.05) is 12.1 Å². The van der Waals surface area contributed by atoms with Crippen molar-refractivity contribution in [3.8, 4) is 5.75 Å². The summed E-state index contributed by atoms with van der Waals surface area (Å²) in [6, 6.07) is 16.6. The van der Waals surface area contributed by atoms with Gasteiger partial charge in [-0.2, -0.15) is 0 Å². The Labute approximate surface area is 154 Å². The van der Waals surface area contributed by atoms with Crippen molar-refractivity contribution in [3.63, 3.8) is 0 Å². The number of phenols is 1. The molecule has 1 heteroatoms. The third kappa shape index (κ3) is 6.23. The maximum atomic E-state index is 10.3. The number of phenolic OH excluding ortho intramolecular Hbond substituents is 1. The van der Waals surface area contributed by atoms with Crippen LogP contribution in [0.2, 0.25) is 0 Å². The van der Waals surface area contributed by atoms with Crippen molar-refractivity contribution in [2.45, 2.75) is 77.6 Å². The predicted octanol–water partition coefficient (Wildman–Crippen LogP) is 7.01. The van der Waals surface area contributed by atoms with Crippen LogP contribution in [0.25, 0.3) is 0 Å². The molecule has 0 amide bonds. The van der Waals surface area contributed by atoms with Gasteiger partial charge in [-0.25, -0.2) is 0 Å². The Morgan fingerprint density at radius 2 is 1.52 bits per heavy atom. The summed E-state index contributed by atoms with van der Waals surface area (Å²) < 4.78 is 0. The number of benzene rings is 2. The van der Waals surface area contributed by atoms with Crippen LogP contribution in [0.4, 0.5) is 0 Å². The maximum Gasteiger partial charge on any atom is 0.119 e. The predicted molar refractivity (Wildman–Crippen MR) is 108 cm³/mol. The van der Waals surface area contributed by atoms with Crippen LogP contribution < -0.4 is 0 Å². The molecule has 136 valence electrons.